The molecule has 1 fully saturated rings. The fourth-order valence-corrected chi connectivity index (χ4v) is 5.26. The third-order valence-corrected chi connectivity index (χ3v) is 7.30. The Bertz CT molecular complexity index is 1270. The summed E-state index contributed by atoms with van der Waals surface area (Å²) in [7, 11) is 3.39. The predicted molar refractivity (Wildman–Crippen MR) is 148 cm³/mol. The van der Waals surface area contributed by atoms with Gasteiger partial charge in [0.25, 0.3) is 0 Å². The van der Waals surface area contributed by atoms with Crippen molar-refractivity contribution in [1.82, 2.24) is 4.90 Å². The second-order valence-electron chi connectivity index (χ2n) is 9.85. The Balaban J connectivity index is 1.46. The van der Waals surface area contributed by atoms with Crippen molar-refractivity contribution in [3.8, 4) is 17.2 Å². The van der Waals surface area contributed by atoms with Crippen molar-refractivity contribution in [1.29, 1.82) is 0 Å². The van der Waals surface area contributed by atoms with Gasteiger partial charge in [0, 0.05) is 24.2 Å². The van der Waals surface area contributed by atoms with E-state index in [1.165, 1.54) is 30.6 Å². The Labute approximate surface area is 214 Å². The molecule has 0 saturated carbocycles. The van der Waals surface area contributed by atoms with Gasteiger partial charge in [-0.1, -0.05) is 55.5 Å². The van der Waals surface area contributed by atoms with Crippen LogP contribution in [-0.4, -0.2) is 38.8 Å². The molecule has 0 aliphatic carbocycles. The zero-order valence-corrected chi connectivity index (χ0v) is 21.7. The quantitative estimate of drug-likeness (QED) is 0.359. The van der Waals surface area contributed by atoms with Crippen molar-refractivity contribution >= 4 is 17.2 Å². The van der Waals surface area contributed by atoms with Gasteiger partial charge in [-0.05, 0) is 78.4 Å². The van der Waals surface area contributed by atoms with Crippen LogP contribution in [0.5, 0.6) is 17.2 Å². The molecular formula is C32H35NO3. The average Bonchev–Trinajstić information content (AvgIpc) is 3.33. The summed E-state index contributed by atoms with van der Waals surface area (Å²) in [4.78, 5) is 2.52. The van der Waals surface area contributed by atoms with Crippen LogP contribution in [0.2, 0.25) is 0 Å². The molecule has 2 unspecified atom stereocenters. The number of fused-ring (bicyclic) bond motifs is 1. The van der Waals surface area contributed by atoms with Crippen LogP contribution in [0, 0.1) is 5.92 Å². The molecule has 0 amide bonds. The second kappa shape index (κ2) is 10.6. The van der Waals surface area contributed by atoms with Gasteiger partial charge in [-0.15, -0.1) is 0 Å². The van der Waals surface area contributed by atoms with E-state index in [9.17, 15) is 0 Å². The van der Waals surface area contributed by atoms with Crippen molar-refractivity contribution in [2.75, 3.05) is 33.9 Å². The minimum atomic E-state index is -0.220. The molecule has 5 rings (SSSR count). The van der Waals surface area contributed by atoms with Gasteiger partial charge in [-0.3, -0.25) is 4.90 Å². The van der Waals surface area contributed by atoms with E-state index in [2.05, 4.69) is 73.4 Å². The van der Waals surface area contributed by atoms with Crippen molar-refractivity contribution in [3.05, 3.63) is 95.1 Å². The van der Waals surface area contributed by atoms with Gasteiger partial charge >= 0.3 is 0 Å². The van der Waals surface area contributed by atoms with Crippen LogP contribution in [0.25, 0.3) is 17.2 Å². The Morgan fingerprint density at radius 3 is 2.47 bits per heavy atom. The lowest BCUT2D eigenvalue weighted by atomic mass is 9.86. The number of nitrogens with zero attached hydrogens (tertiary/aromatic N) is 1. The smallest absolute Gasteiger partial charge is 0.150 e. The van der Waals surface area contributed by atoms with Crippen molar-refractivity contribution in [3.63, 3.8) is 0 Å². The fraction of sp³-hybridized carbons (Fsp3) is 0.312. The molecule has 0 radical (unpaired) electrons. The number of hydrogen-bond donors (Lipinski definition) is 0. The van der Waals surface area contributed by atoms with Crippen LogP contribution in [0.4, 0.5) is 0 Å². The third kappa shape index (κ3) is 5.05. The molecular weight excluding hydrogens is 446 g/mol. The highest BCUT2D eigenvalue weighted by molar-refractivity contribution is 5.96. The summed E-state index contributed by atoms with van der Waals surface area (Å²) in [5, 5.41) is 0. The number of allylic oxidation sites excluding steroid dienone is 1. The van der Waals surface area contributed by atoms with Gasteiger partial charge in [0.2, 0.25) is 0 Å². The van der Waals surface area contributed by atoms with Gasteiger partial charge < -0.3 is 14.2 Å². The van der Waals surface area contributed by atoms with Crippen LogP contribution in [0.3, 0.4) is 0 Å². The number of rotatable bonds is 7. The Kier molecular flexibility index (Phi) is 7.15. The van der Waals surface area contributed by atoms with Gasteiger partial charge in [0.15, 0.2) is 0 Å². The van der Waals surface area contributed by atoms with Crippen molar-refractivity contribution in [2.24, 2.45) is 5.92 Å². The highest BCUT2D eigenvalue weighted by Gasteiger charge is 2.29. The van der Waals surface area contributed by atoms with Crippen LogP contribution >= 0.6 is 0 Å². The molecule has 36 heavy (non-hydrogen) atoms. The van der Waals surface area contributed by atoms with Crippen LogP contribution in [-0.2, 0) is 0 Å². The maximum absolute atomic E-state index is 6.65. The van der Waals surface area contributed by atoms with Crippen molar-refractivity contribution in [2.45, 2.75) is 26.4 Å². The summed E-state index contributed by atoms with van der Waals surface area (Å²) in [6.07, 6.45) is 5.59. The highest BCUT2D eigenvalue weighted by Crippen LogP contribution is 2.47. The molecule has 0 N–H and O–H groups in total. The maximum atomic E-state index is 6.65. The van der Waals surface area contributed by atoms with E-state index in [1.807, 2.05) is 24.3 Å². The molecule has 2 heterocycles. The minimum absolute atomic E-state index is 0.220. The third-order valence-electron chi connectivity index (χ3n) is 7.30. The van der Waals surface area contributed by atoms with Crippen molar-refractivity contribution < 1.29 is 14.2 Å². The molecule has 2 atom stereocenters. The molecule has 3 aromatic carbocycles. The summed E-state index contributed by atoms with van der Waals surface area (Å²) in [5.41, 5.74) is 6.79. The number of likely N-dealkylation sites (tertiary alicyclic amines) is 1. The van der Waals surface area contributed by atoms with Gasteiger partial charge in [-0.2, -0.15) is 0 Å². The monoisotopic (exact) mass is 481 g/mol. The van der Waals surface area contributed by atoms with Gasteiger partial charge in [0.05, 0.1) is 14.2 Å². The molecule has 0 spiro atoms. The predicted octanol–water partition coefficient (Wildman–Crippen LogP) is 7.12. The van der Waals surface area contributed by atoms with E-state index in [1.54, 1.807) is 14.2 Å². The standard InChI is InChI=1S/C32H35NO3/c1-22-16-18-33(21-22)17-6-7-24-10-12-25(13-11-24)32-31(26-8-5-9-27(19-26)34-3)23(2)29-20-28(35-4)14-15-30(29)36-32/h5-15,19-20,22,32H,16-18,21H2,1-4H3/b7-6-. The van der Waals surface area contributed by atoms with E-state index < -0.39 is 0 Å². The normalized spacial score (nSPS) is 19.9. The molecule has 0 aromatic heterocycles. The summed E-state index contributed by atoms with van der Waals surface area (Å²) >= 11 is 0. The van der Waals surface area contributed by atoms with E-state index in [4.69, 9.17) is 14.2 Å². The van der Waals surface area contributed by atoms with Crippen LogP contribution < -0.4 is 14.2 Å². The first kappa shape index (κ1) is 24.2. The summed E-state index contributed by atoms with van der Waals surface area (Å²) in [6.45, 7) is 7.92. The highest BCUT2D eigenvalue weighted by atomic mass is 16.5. The lowest BCUT2D eigenvalue weighted by Crippen LogP contribution is -2.19. The molecule has 3 aromatic rings. The summed E-state index contributed by atoms with van der Waals surface area (Å²) in [6, 6.07) is 23.0. The zero-order valence-electron chi connectivity index (χ0n) is 21.7. The Hall–Kier alpha value is -3.50. The largest absolute Gasteiger partial charge is 0.497 e. The first-order valence-electron chi connectivity index (χ1n) is 12.7. The topological polar surface area (TPSA) is 30.9 Å². The Morgan fingerprint density at radius 2 is 1.75 bits per heavy atom. The number of methoxy groups -OCH3 is 2. The molecule has 4 heteroatoms. The van der Waals surface area contributed by atoms with E-state index in [0.29, 0.717) is 0 Å². The zero-order chi connectivity index (χ0) is 25.1. The SMILES string of the molecule is COc1cccc(C2=C(C)c3cc(OC)ccc3OC2c2ccc(/C=C\CN3CCC(C)C3)cc2)c1. The molecule has 0 bridgehead atoms. The molecule has 4 nitrogen and oxygen atoms in total. The van der Waals surface area contributed by atoms with E-state index >= 15 is 0 Å². The molecule has 2 aliphatic rings. The molecule has 2 aliphatic heterocycles. The number of benzene rings is 3. The van der Waals surface area contributed by atoms with Crippen LogP contribution in [0.1, 0.15) is 48.6 Å². The summed E-state index contributed by atoms with van der Waals surface area (Å²) < 4.78 is 17.7. The minimum Gasteiger partial charge on any atom is -0.497 e. The van der Waals surface area contributed by atoms with Gasteiger partial charge in [-0.25, -0.2) is 0 Å². The molecule has 186 valence electrons. The number of hydrogen-bond acceptors (Lipinski definition) is 4. The van der Waals surface area contributed by atoms with E-state index in [0.717, 1.165) is 52.0 Å². The fourth-order valence-electron chi connectivity index (χ4n) is 5.26. The lowest BCUT2D eigenvalue weighted by molar-refractivity contribution is 0.259. The average molecular weight is 482 g/mol. The lowest BCUT2D eigenvalue weighted by Gasteiger charge is -2.31. The van der Waals surface area contributed by atoms with E-state index in [-0.39, 0.29) is 6.10 Å². The van der Waals surface area contributed by atoms with Crippen LogP contribution in [0.15, 0.2) is 72.8 Å². The Morgan fingerprint density at radius 1 is 0.972 bits per heavy atom. The number of ether oxygens (including phenoxy) is 3. The molecule has 1 saturated heterocycles. The first-order valence-corrected chi connectivity index (χ1v) is 12.7. The van der Waals surface area contributed by atoms with Gasteiger partial charge in [0.1, 0.15) is 23.4 Å². The maximum Gasteiger partial charge on any atom is 0.150 e. The summed E-state index contributed by atoms with van der Waals surface area (Å²) in [5.74, 6) is 3.33. The first-order chi connectivity index (χ1) is 17.6. The second-order valence-corrected chi connectivity index (χ2v) is 9.85.